The second-order valence-electron chi connectivity index (χ2n) is 8.00. The highest BCUT2D eigenvalue weighted by Crippen LogP contribution is 2.26. The van der Waals surface area contributed by atoms with Crippen molar-refractivity contribution in [2.45, 2.75) is 32.2 Å². The van der Waals surface area contributed by atoms with Crippen molar-refractivity contribution >= 4 is 23.3 Å². The molecule has 0 aliphatic heterocycles. The second-order valence-corrected chi connectivity index (χ2v) is 8.43. The van der Waals surface area contributed by atoms with Crippen LogP contribution in [0, 0.1) is 0 Å². The van der Waals surface area contributed by atoms with Crippen LogP contribution >= 0.6 is 11.6 Å². The summed E-state index contributed by atoms with van der Waals surface area (Å²) in [5, 5.41) is 15.4. The number of nitrogens with zero attached hydrogens (tertiary/aromatic N) is 2. The molecule has 1 amide bonds. The van der Waals surface area contributed by atoms with E-state index in [1.54, 1.807) is 29.8 Å². The molecule has 0 fully saturated rings. The molecule has 1 aromatic heterocycles. The van der Waals surface area contributed by atoms with Crippen molar-refractivity contribution in [2.75, 3.05) is 32.1 Å². The normalized spacial score (nSPS) is 11.3. The zero-order chi connectivity index (χ0) is 26.8. The maximum absolute atomic E-state index is 13.0. The van der Waals surface area contributed by atoms with Crippen molar-refractivity contribution in [3.8, 4) is 11.5 Å². The molecule has 0 saturated heterocycles. The van der Waals surface area contributed by atoms with Gasteiger partial charge in [-0.05, 0) is 42.7 Å². The molecule has 0 spiro atoms. The van der Waals surface area contributed by atoms with Crippen molar-refractivity contribution in [1.29, 1.82) is 0 Å². The van der Waals surface area contributed by atoms with Gasteiger partial charge in [0, 0.05) is 44.3 Å². The van der Waals surface area contributed by atoms with Crippen molar-refractivity contribution in [3.05, 3.63) is 70.6 Å². The van der Waals surface area contributed by atoms with E-state index in [2.05, 4.69) is 20.4 Å². The first-order chi connectivity index (χ1) is 17.7. The number of aliphatic hydroxyl groups excluding tert-OH is 1. The third kappa shape index (κ3) is 8.57. The first-order valence-corrected chi connectivity index (χ1v) is 12.0. The number of amides is 1. The van der Waals surface area contributed by atoms with Gasteiger partial charge in [-0.15, -0.1) is 13.2 Å². The van der Waals surface area contributed by atoms with Crippen LogP contribution < -0.4 is 20.1 Å². The van der Waals surface area contributed by atoms with Crippen molar-refractivity contribution in [3.63, 3.8) is 0 Å². The van der Waals surface area contributed by atoms with Gasteiger partial charge in [-0.25, -0.2) is 4.98 Å². The van der Waals surface area contributed by atoms with Crippen LogP contribution in [0.1, 0.15) is 34.7 Å². The van der Waals surface area contributed by atoms with E-state index in [1.807, 2.05) is 12.1 Å². The molecule has 3 N–H and O–H groups in total. The van der Waals surface area contributed by atoms with E-state index in [0.717, 1.165) is 5.56 Å². The Morgan fingerprint density at radius 1 is 1.14 bits per heavy atom. The minimum atomic E-state index is -4.78. The predicted molar refractivity (Wildman–Crippen MR) is 133 cm³/mol. The topological polar surface area (TPSA) is 97.6 Å². The molecule has 37 heavy (non-hydrogen) atoms. The minimum absolute atomic E-state index is 0.0420. The first kappa shape index (κ1) is 28.1. The summed E-state index contributed by atoms with van der Waals surface area (Å²) in [6.45, 7) is 0.836. The van der Waals surface area contributed by atoms with E-state index in [1.165, 1.54) is 18.2 Å². The van der Waals surface area contributed by atoms with Gasteiger partial charge >= 0.3 is 6.36 Å². The molecule has 0 atom stereocenters. The fourth-order valence-electron chi connectivity index (χ4n) is 3.58. The van der Waals surface area contributed by atoms with Crippen LogP contribution in [0.25, 0.3) is 0 Å². The summed E-state index contributed by atoms with van der Waals surface area (Å²) >= 11 is 6.01. The molecule has 2 aromatic carbocycles. The van der Waals surface area contributed by atoms with Crippen molar-refractivity contribution in [1.82, 2.24) is 14.9 Å². The van der Waals surface area contributed by atoms with Gasteiger partial charge in [-0.2, -0.15) is 0 Å². The van der Waals surface area contributed by atoms with Gasteiger partial charge in [0.1, 0.15) is 17.3 Å². The molecule has 200 valence electrons. The third-order valence-electron chi connectivity index (χ3n) is 5.23. The highest BCUT2D eigenvalue weighted by atomic mass is 35.5. The number of alkyl halides is 3. The van der Waals surface area contributed by atoms with Gasteiger partial charge in [-0.3, -0.25) is 4.79 Å². The number of benzene rings is 2. The zero-order valence-corrected chi connectivity index (χ0v) is 20.9. The van der Waals surface area contributed by atoms with Gasteiger partial charge in [0.15, 0.2) is 11.5 Å². The molecular weight excluding hydrogens is 513 g/mol. The predicted octanol–water partition coefficient (Wildman–Crippen LogP) is 4.65. The Hall–Kier alpha value is -3.44. The fraction of sp³-hybridized carbons (Fsp3) is 0.360. The lowest BCUT2D eigenvalue weighted by Crippen LogP contribution is -2.28. The van der Waals surface area contributed by atoms with Crippen molar-refractivity contribution in [2.24, 2.45) is 0 Å². The molecule has 12 heteroatoms. The lowest BCUT2D eigenvalue weighted by Gasteiger charge is -2.14. The number of ether oxygens (including phenoxy) is 2. The monoisotopic (exact) mass is 540 g/mol. The Kier molecular flexibility index (Phi) is 10.0. The summed E-state index contributed by atoms with van der Waals surface area (Å²) in [4.78, 5) is 17.6. The quantitative estimate of drug-likeness (QED) is 0.273. The molecule has 0 aliphatic carbocycles. The van der Waals surface area contributed by atoms with E-state index in [-0.39, 0.29) is 30.6 Å². The van der Waals surface area contributed by atoms with Gasteiger partial charge in [0.25, 0.3) is 5.91 Å². The largest absolute Gasteiger partial charge is 0.573 e. The Morgan fingerprint density at radius 2 is 1.86 bits per heavy atom. The van der Waals surface area contributed by atoms with E-state index < -0.39 is 6.36 Å². The molecule has 0 unspecified atom stereocenters. The molecule has 8 nitrogen and oxygen atoms in total. The highest BCUT2D eigenvalue weighted by molar-refractivity contribution is 6.30. The van der Waals surface area contributed by atoms with Crippen LogP contribution in [-0.4, -0.2) is 53.7 Å². The molecule has 0 aliphatic rings. The van der Waals surface area contributed by atoms with Crippen LogP contribution in [0.5, 0.6) is 11.5 Å². The van der Waals surface area contributed by atoms with Gasteiger partial charge in [0.05, 0.1) is 6.61 Å². The number of aryl methyl sites for hydroxylation is 1. The molecule has 0 radical (unpaired) electrons. The van der Waals surface area contributed by atoms with Gasteiger partial charge < -0.3 is 29.8 Å². The molecule has 0 saturated carbocycles. The van der Waals surface area contributed by atoms with E-state index >= 15 is 0 Å². The lowest BCUT2D eigenvalue weighted by molar-refractivity contribution is -0.274. The Bertz CT molecular complexity index is 1170. The Morgan fingerprint density at radius 3 is 2.54 bits per heavy atom. The summed E-state index contributed by atoms with van der Waals surface area (Å²) in [6.07, 6.45) is -3.44. The molecule has 1 heterocycles. The summed E-state index contributed by atoms with van der Waals surface area (Å²) < 4.78 is 48.7. The number of rotatable bonds is 13. The number of hydrogen-bond donors (Lipinski definition) is 3. The maximum atomic E-state index is 13.0. The second kappa shape index (κ2) is 13.2. The molecule has 0 bridgehead atoms. The summed E-state index contributed by atoms with van der Waals surface area (Å²) in [7, 11) is 1.67. The van der Waals surface area contributed by atoms with E-state index in [0.29, 0.717) is 54.7 Å². The number of aromatic nitrogens is 2. The van der Waals surface area contributed by atoms with Crippen LogP contribution in [-0.2, 0) is 13.0 Å². The molecule has 3 aromatic rings. The number of carbonyl (C=O) groups is 1. The minimum Gasteiger partial charge on any atom is -0.493 e. The molecule has 3 rings (SSSR count). The zero-order valence-electron chi connectivity index (χ0n) is 20.1. The number of aliphatic hydroxyl groups is 1. The third-order valence-corrected chi connectivity index (χ3v) is 5.48. The smallest absolute Gasteiger partial charge is 0.493 e. The van der Waals surface area contributed by atoms with Gasteiger partial charge in [0.2, 0.25) is 0 Å². The summed E-state index contributed by atoms with van der Waals surface area (Å²) in [6, 6.07) is 12.6. The number of carbonyl (C=O) groups excluding carboxylic acids is 1. The van der Waals surface area contributed by atoms with E-state index in [4.69, 9.17) is 21.4 Å². The number of anilines is 1. The van der Waals surface area contributed by atoms with Gasteiger partial charge in [-0.1, -0.05) is 29.8 Å². The van der Waals surface area contributed by atoms with Crippen molar-refractivity contribution < 1.29 is 32.5 Å². The Balaban J connectivity index is 1.74. The SMILES string of the molecule is CNc1nc(CCCOc2cccc(OC(F)(F)F)c2)n(Cc2ccc(Cl)cc2)c1C(=O)NCCCO. The number of hydrogen-bond acceptors (Lipinski definition) is 6. The number of imidazole rings is 1. The molecular formula is C25H28ClF3N4O4. The van der Waals surface area contributed by atoms with Crippen LogP contribution in [0.4, 0.5) is 19.0 Å². The first-order valence-electron chi connectivity index (χ1n) is 11.6. The summed E-state index contributed by atoms with van der Waals surface area (Å²) in [5.41, 5.74) is 1.26. The van der Waals surface area contributed by atoms with Crippen LogP contribution in [0.15, 0.2) is 48.5 Å². The van der Waals surface area contributed by atoms with Crippen LogP contribution in [0.3, 0.4) is 0 Å². The highest BCUT2D eigenvalue weighted by Gasteiger charge is 2.31. The fourth-order valence-corrected chi connectivity index (χ4v) is 3.71. The standard InChI is InChI=1S/C25H28ClF3N4O4/c1-30-23-22(24(35)31-12-4-13-34)33(16-17-8-10-18(26)11-9-17)21(32-23)7-3-14-36-19-5-2-6-20(15-19)37-25(27,28)29/h2,5-6,8-11,15,30,34H,3-4,7,12-14,16H2,1H3,(H,31,35). The summed E-state index contributed by atoms with van der Waals surface area (Å²) in [5.74, 6) is 0.584. The maximum Gasteiger partial charge on any atom is 0.573 e. The average molecular weight is 541 g/mol. The Labute approximate surface area is 217 Å². The number of halogens is 4. The van der Waals surface area contributed by atoms with E-state index in [9.17, 15) is 18.0 Å². The average Bonchev–Trinajstić information content (AvgIpc) is 3.19. The number of nitrogens with one attached hydrogen (secondary N) is 2. The lowest BCUT2D eigenvalue weighted by atomic mass is 10.2. The van der Waals surface area contributed by atoms with Crippen LogP contribution in [0.2, 0.25) is 5.02 Å².